The number of rotatable bonds is 2. The first-order chi connectivity index (χ1) is 12.7. The number of thiophene rings is 1. The van der Waals surface area contributed by atoms with Gasteiger partial charge in [-0.1, -0.05) is 30.3 Å². The van der Waals surface area contributed by atoms with Crippen LogP contribution in [0.3, 0.4) is 0 Å². The molecule has 0 spiro atoms. The maximum atomic E-state index is 12.4. The molecular formula is C20H14IN3OS. The number of halogens is 1. The zero-order chi connectivity index (χ0) is 17.9. The van der Waals surface area contributed by atoms with Crippen molar-refractivity contribution in [2.24, 2.45) is 9.98 Å². The summed E-state index contributed by atoms with van der Waals surface area (Å²) >= 11 is 3.86. The predicted molar refractivity (Wildman–Crippen MR) is 116 cm³/mol. The highest BCUT2D eigenvalue weighted by molar-refractivity contribution is 14.1. The van der Waals surface area contributed by atoms with E-state index in [2.05, 4.69) is 43.7 Å². The van der Waals surface area contributed by atoms with E-state index in [0.29, 0.717) is 12.4 Å². The first-order valence-corrected chi connectivity index (χ1v) is 9.98. The third-order valence-corrected chi connectivity index (χ3v) is 5.41. The van der Waals surface area contributed by atoms with Gasteiger partial charge in [-0.2, -0.15) is 4.99 Å². The smallest absolute Gasteiger partial charge is 0.271 e. The van der Waals surface area contributed by atoms with Crippen molar-refractivity contribution >= 4 is 57.6 Å². The lowest BCUT2D eigenvalue weighted by atomic mass is 10.1. The molecule has 1 aromatic carbocycles. The van der Waals surface area contributed by atoms with Crippen LogP contribution in [0.5, 0.6) is 0 Å². The number of aliphatic imine (C=N–C) groups is 2. The molecule has 2 aromatic rings. The van der Waals surface area contributed by atoms with Crippen molar-refractivity contribution < 1.29 is 4.79 Å². The van der Waals surface area contributed by atoms with Crippen LogP contribution in [0.1, 0.15) is 16.0 Å². The normalized spacial score (nSPS) is 17.6. The van der Waals surface area contributed by atoms with Gasteiger partial charge in [-0.05, 0) is 57.8 Å². The minimum absolute atomic E-state index is 0.314. The van der Waals surface area contributed by atoms with Gasteiger partial charge in [-0.15, -0.1) is 11.3 Å². The Morgan fingerprint density at radius 1 is 1.23 bits per heavy atom. The van der Waals surface area contributed by atoms with Gasteiger partial charge in [-0.25, -0.2) is 4.99 Å². The highest BCUT2D eigenvalue weighted by Gasteiger charge is 2.21. The standard InChI is InChI=1S/C20H14IN3OS/c21-15-7-9-18-22-20(23-19(25)10-8-16-5-3-11-26-16)17-6-2-1-4-14(17)12-24(18)13-15/h1-11,13H,12H2. The summed E-state index contributed by atoms with van der Waals surface area (Å²) in [5, 5.41) is 1.97. The van der Waals surface area contributed by atoms with E-state index in [0.717, 1.165) is 25.4 Å². The summed E-state index contributed by atoms with van der Waals surface area (Å²) in [6.45, 7) is 0.699. The monoisotopic (exact) mass is 471 g/mol. The number of amidine groups is 2. The van der Waals surface area contributed by atoms with E-state index in [-0.39, 0.29) is 5.91 Å². The molecule has 128 valence electrons. The Hall–Kier alpha value is -2.32. The molecule has 1 aromatic heterocycles. The van der Waals surface area contributed by atoms with E-state index in [1.165, 1.54) is 6.08 Å². The minimum Gasteiger partial charge on any atom is -0.327 e. The molecule has 0 fully saturated rings. The number of carbonyl (C=O) groups is 1. The molecule has 2 aliphatic rings. The van der Waals surface area contributed by atoms with Crippen molar-refractivity contribution in [3.05, 3.63) is 85.8 Å². The summed E-state index contributed by atoms with van der Waals surface area (Å²) in [6.07, 6.45) is 9.28. The van der Waals surface area contributed by atoms with Gasteiger partial charge in [0.25, 0.3) is 5.91 Å². The van der Waals surface area contributed by atoms with Crippen LogP contribution in [0.2, 0.25) is 0 Å². The Labute approximate surface area is 169 Å². The molecule has 2 aliphatic heterocycles. The number of allylic oxidation sites excluding steroid dienone is 2. The lowest BCUT2D eigenvalue weighted by Crippen LogP contribution is -2.24. The molecule has 0 saturated heterocycles. The molecule has 4 rings (SSSR count). The largest absolute Gasteiger partial charge is 0.327 e. The van der Waals surface area contributed by atoms with Gasteiger partial charge < -0.3 is 4.90 Å². The zero-order valence-electron chi connectivity index (χ0n) is 13.7. The number of fused-ring (bicyclic) bond motifs is 2. The Morgan fingerprint density at radius 3 is 2.96 bits per heavy atom. The second kappa shape index (κ2) is 7.51. The summed E-state index contributed by atoms with van der Waals surface area (Å²) in [6, 6.07) is 11.9. The van der Waals surface area contributed by atoms with Crippen LogP contribution in [0.25, 0.3) is 6.08 Å². The summed E-state index contributed by atoms with van der Waals surface area (Å²) in [4.78, 5) is 24.4. The molecular weight excluding hydrogens is 457 g/mol. The highest BCUT2D eigenvalue weighted by Crippen LogP contribution is 2.24. The van der Waals surface area contributed by atoms with Crippen molar-refractivity contribution in [3.8, 4) is 0 Å². The number of amides is 1. The van der Waals surface area contributed by atoms with Crippen LogP contribution in [-0.4, -0.2) is 22.5 Å². The molecule has 0 atom stereocenters. The summed E-state index contributed by atoms with van der Waals surface area (Å²) < 4.78 is 1.13. The van der Waals surface area contributed by atoms with Gasteiger partial charge in [0.05, 0.1) is 0 Å². The maximum absolute atomic E-state index is 12.4. The Balaban J connectivity index is 1.72. The molecule has 26 heavy (non-hydrogen) atoms. The van der Waals surface area contributed by atoms with Crippen molar-refractivity contribution in [2.75, 3.05) is 0 Å². The SMILES string of the molecule is O=C(C=Cc1cccs1)N=C1N=C2C=CC(I)=CN2Cc2ccccc21. The molecule has 0 N–H and O–H groups in total. The molecule has 0 aliphatic carbocycles. The molecule has 1 amide bonds. The van der Waals surface area contributed by atoms with Gasteiger partial charge >= 0.3 is 0 Å². The van der Waals surface area contributed by atoms with Gasteiger partial charge in [0.15, 0.2) is 5.84 Å². The highest BCUT2D eigenvalue weighted by atomic mass is 127. The first-order valence-electron chi connectivity index (χ1n) is 8.02. The third kappa shape index (κ3) is 3.76. The fraction of sp³-hybridized carbons (Fsp3) is 0.0500. The maximum Gasteiger partial charge on any atom is 0.271 e. The molecule has 4 nitrogen and oxygen atoms in total. The number of benzene rings is 1. The molecule has 6 heteroatoms. The summed E-state index contributed by atoms with van der Waals surface area (Å²) in [5.74, 6) is 0.926. The minimum atomic E-state index is -0.314. The molecule has 0 unspecified atom stereocenters. The fourth-order valence-corrected chi connectivity index (χ4v) is 3.87. The average molecular weight is 471 g/mol. The quantitative estimate of drug-likeness (QED) is 0.467. The Bertz CT molecular complexity index is 1000. The topological polar surface area (TPSA) is 45.0 Å². The van der Waals surface area contributed by atoms with Gasteiger partial charge in [0.2, 0.25) is 0 Å². The van der Waals surface area contributed by atoms with Crippen molar-refractivity contribution in [2.45, 2.75) is 6.54 Å². The van der Waals surface area contributed by atoms with Gasteiger partial charge in [0.1, 0.15) is 5.84 Å². The Morgan fingerprint density at radius 2 is 2.12 bits per heavy atom. The fourth-order valence-electron chi connectivity index (χ4n) is 2.73. The van der Waals surface area contributed by atoms with Crippen molar-refractivity contribution in [1.82, 2.24) is 4.90 Å². The van der Waals surface area contributed by atoms with Gasteiger partial charge in [-0.3, -0.25) is 4.79 Å². The van der Waals surface area contributed by atoms with E-state index in [1.54, 1.807) is 17.4 Å². The predicted octanol–water partition coefficient (Wildman–Crippen LogP) is 4.80. The number of hydrogen-bond acceptors (Lipinski definition) is 3. The second-order valence-corrected chi connectivity index (χ2v) is 7.95. The number of hydrogen-bond donors (Lipinski definition) is 0. The van der Waals surface area contributed by atoms with E-state index in [4.69, 9.17) is 0 Å². The lowest BCUT2D eigenvalue weighted by molar-refractivity contribution is -0.113. The Kier molecular flexibility index (Phi) is 4.94. The second-order valence-electron chi connectivity index (χ2n) is 5.72. The van der Waals surface area contributed by atoms with Crippen molar-refractivity contribution in [1.29, 1.82) is 0 Å². The van der Waals surface area contributed by atoms with Gasteiger partial charge in [0, 0.05) is 32.8 Å². The van der Waals surface area contributed by atoms with E-state index >= 15 is 0 Å². The average Bonchev–Trinajstić information content (AvgIpc) is 3.10. The van der Waals surface area contributed by atoms with E-state index in [1.807, 2.05) is 53.9 Å². The van der Waals surface area contributed by atoms with Crippen LogP contribution in [0, 0.1) is 0 Å². The number of nitrogens with zero attached hydrogens (tertiary/aromatic N) is 3. The third-order valence-electron chi connectivity index (χ3n) is 3.93. The molecule has 0 radical (unpaired) electrons. The van der Waals surface area contributed by atoms with Crippen LogP contribution >= 0.6 is 33.9 Å². The molecule has 0 saturated carbocycles. The summed E-state index contributed by atoms with van der Waals surface area (Å²) in [5.41, 5.74) is 1.99. The van der Waals surface area contributed by atoms with Crippen LogP contribution in [0.4, 0.5) is 0 Å². The lowest BCUT2D eigenvalue weighted by Gasteiger charge is -2.21. The number of carbonyl (C=O) groups excluding carboxylic acids is 1. The first kappa shape index (κ1) is 17.1. The summed E-state index contributed by atoms with van der Waals surface area (Å²) in [7, 11) is 0. The van der Waals surface area contributed by atoms with Crippen molar-refractivity contribution in [3.63, 3.8) is 0 Å². The van der Waals surface area contributed by atoms with E-state index in [9.17, 15) is 4.79 Å². The van der Waals surface area contributed by atoms with E-state index < -0.39 is 0 Å². The van der Waals surface area contributed by atoms with Crippen LogP contribution < -0.4 is 0 Å². The molecule has 3 heterocycles. The van der Waals surface area contributed by atoms with Crippen LogP contribution in [0.15, 0.2) is 79.8 Å². The van der Waals surface area contributed by atoms with Crippen LogP contribution in [-0.2, 0) is 11.3 Å². The zero-order valence-corrected chi connectivity index (χ0v) is 16.6. The molecule has 0 bridgehead atoms.